The van der Waals surface area contributed by atoms with Crippen molar-refractivity contribution in [2.24, 2.45) is 5.92 Å². The number of nitrogens with one attached hydrogen (secondary N) is 1. The van der Waals surface area contributed by atoms with Gasteiger partial charge in [0, 0.05) is 18.2 Å². The molecule has 0 aliphatic carbocycles. The first-order valence-electron chi connectivity index (χ1n) is 7.45. The van der Waals surface area contributed by atoms with Gasteiger partial charge < -0.3 is 10.1 Å². The second kappa shape index (κ2) is 8.21. The van der Waals surface area contributed by atoms with Crippen LogP contribution in [0.1, 0.15) is 51.7 Å². The Morgan fingerprint density at radius 1 is 1.16 bits per heavy atom. The number of benzene rings is 1. The van der Waals surface area contributed by atoms with Crippen molar-refractivity contribution in [3.05, 3.63) is 29.3 Å². The smallest absolute Gasteiger partial charge is 0.126 e. The van der Waals surface area contributed by atoms with Crippen LogP contribution in [-0.4, -0.2) is 12.6 Å². The average molecular weight is 263 g/mol. The van der Waals surface area contributed by atoms with Gasteiger partial charge in [-0.15, -0.1) is 0 Å². The molecule has 0 fully saturated rings. The average Bonchev–Trinajstić information content (AvgIpc) is 2.33. The Kier molecular flexibility index (Phi) is 6.93. The molecular formula is C17H29NO. The molecule has 0 radical (unpaired) electrons. The zero-order valence-corrected chi connectivity index (χ0v) is 13.1. The number of para-hydroxylation sites is 1. The first-order valence-corrected chi connectivity index (χ1v) is 7.45. The summed E-state index contributed by atoms with van der Waals surface area (Å²) in [7, 11) is 0. The quantitative estimate of drug-likeness (QED) is 0.706. The van der Waals surface area contributed by atoms with E-state index in [0.29, 0.717) is 6.04 Å². The van der Waals surface area contributed by atoms with Crippen molar-refractivity contribution < 1.29 is 4.74 Å². The van der Waals surface area contributed by atoms with Crippen LogP contribution < -0.4 is 10.1 Å². The van der Waals surface area contributed by atoms with E-state index in [1.807, 2.05) is 0 Å². The van der Waals surface area contributed by atoms with Crippen LogP contribution in [0, 0.1) is 12.8 Å². The molecule has 0 saturated carbocycles. The molecule has 2 heteroatoms. The Morgan fingerprint density at radius 3 is 2.53 bits per heavy atom. The number of hydrogen-bond donors (Lipinski definition) is 1. The zero-order valence-electron chi connectivity index (χ0n) is 13.1. The van der Waals surface area contributed by atoms with Gasteiger partial charge in [0.2, 0.25) is 0 Å². The van der Waals surface area contributed by atoms with Crippen LogP contribution >= 0.6 is 0 Å². The Labute approximate surface area is 118 Å². The van der Waals surface area contributed by atoms with Gasteiger partial charge in [0.05, 0.1) is 6.61 Å². The number of aryl methyl sites for hydroxylation is 1. The Balaban J connectivity index is 2.58. The van der Waals surface area contributed by atoms with Crippen molar-refractivity contribution in [2.45, 2.75) is 60.0 Å². The number of ether oxygens (including phenoxy) is 1. The lowest BCUT2D eigenvalue weighted by molar-refractivity contribution is 0.292. The third kappa shape index (κ3) is 6.11. The summed E-state index contributed by atoms with van der Waals surface area (Å²) in [6.07, 6.45) is 2.36. The normalized spacial score (nSPS) is 11.3. The molecular weight excluding hydrogens is 234 g/mol. The molecule has 1 rings (SSSR count). The van der Waals surface area contributed by atoms with Crippen molar-refractivity contribution in [3.8, 4) is 5.75 Å². The van der Waals surface area contributed by atoms with Crippen LogP contribution in [0.2, 0.25) is 0 Å². The van der Waals surface area contributed by atoms with Crippen LogP contribution in [0.15, 0.2) is 18.2 Å². The van der Waals surface area contributed by atoms with Gasteiger partial charge in [-0.05, 0) is 31.2 Å². The summed E-state index contributed by atoms with van der Waals surface area (Å²) < 4.78 is 6.01. The van der Waals surface area contributed by atoms with Crippen molar-refractivity contribution in [2.75, 3.05) is 6.61 Å². The maximum absolute atomic E-state index is 6.01. The summed E-state index contributed by atoms with van der Waals surface area (Å²) >= 11 is 0. The van der Waals surface area contributed by atoms with Crippen molar-refractivity contribution in [1.29, 1.82) is 0 Å². The molecule has 0 aliphatic heterocycles. The zero-order chi connectivity index (χ0) is 14.3. The van der Waals surface area contributed by atoms with Gasteiger partial charge in [-0.3, -0.25) is 0 Å². The van der Waals surface area contributed by atoms with Gasteiger partial charge in [-0.1, -0.05) is 45.9 Å². The highest BCUT2D eigenvalue weighted by Crippen LogP contribution is 2.24. The molecule has 108 valence electrons. The first-order chi connectivity index (χ1) is 9.00. The van der Waals surface area contributed by atoms with Crippen LogP contribution in [0.25, 0.3) is 0 Å². The molecule has 0 bridgehead atoms. The summed E-state index contributed by atoms with van der Waals surface area (Å²) in [5, 5.41) is 3.46. The van der Waals surface area contributed by atoms with E-state index in [-0.39, 0.29) is 0 Å². The highest BCUT2D eigenvalue weighted by molar-refractivity contribution is 5.40. The monoisotopic (exact) mass is 263 g/mol. The van der Waals surface area contributed by atoms with E-state index < -0.39 is 0 Å². The van der Waals surface area contributed by atoms with E-state index in [0.717, 1.165) is 31.2 Å². The minimum Gasteiger partial charge on any atom is -0.493 e. The van der Waals surface area contributed by atoms with E-state index in [1.54, 1.807) is 0 Å². The molecule has 19 heavy (non-hydrogen) atoms. The molecule has 0 aliphatic rings. The summed E-state index contributed by atoms with van der Waals surface area (Å²) in [6.45, 7) is 12.7. The molecule has 2 nitrogen and oxygen atoms in total. The number of hydrogen-bond acceptors (Lipinski definition) is 2. The minimum absolute atomic E-state index is 0.495. The van der Waals surface area contributed by atoms with E-state index in [1.165, 1.54) is 17.5 Å². The van der Waals surface area contributed by atoms with E-state index in [9.17, 15) is 0 Å². The maximum atomic E-state index is 6.01. The van der Waals surface area contributed by atoms with Crippen molar-refractivity contribution >= 4 is 0 Å². The molecule has 0 aromatic heterocycles. The summed E-state index contributed by atoms with van der Waals surface area (Å²) in [5.74, 6) is 1.82. The highest BCUT2D eigenvalue weighted by atomic mass is 16.5. The lowest BCUT2D eigenvalue weighted by Gasteiger charge is -2.16. The summed E-state index contributed by atoms with van der Waals surface area (Å²) in [5.41, 5.74) is 2.49. The van der Waals surface area contributed by atoms with Crippen LogP contribution in [0.5, 0.6) is 5.75 Å². The highest BCUT2D eigenvalue weighted by Gasteiger charge is 2.07. The van der Waals surface area contributed by atoms with E-state index in [4.69, 9.17) is 4.74 Å². The predicted octanol–water partition coefficient (Wildman–Crippen LogP) is 4.31. The predicted molar refractivity (Wildman–Crippen MR) is 82.7 cm³/mol. The lowest BCUT2D eigenvalue weighted by atomic mass is 10.1. The third-order valence-corrected chi connectivity index (χ3v) is 3.17. The maximum Gasteiger partial charge on any atom is 0.126 e. The Hall–Kier alpha value is -1.02. The number of rotatable bonds is 8. The molecule has 0 atom stereocenters. The Bertz CT molecular complexity index is 372. The molecule has 0 amide bonds. The second-order valence-corrected chi connectivity index (χ2v) is 5.98. The van der Waals surface area contributed by atoms with Crippen LogP contribution in [-0.2, 0) is 6.54 Å². The van der Waals surface area contributed by atoms with Gasteiger partial charge in [-0.25, -0.2) is 0 Å². The van der Waals surface area contributed by atoms with Crippen LogP contribution in [0.4, 0.5) is 0 Å². The third-order valence-electron chi connectivity index (χ3n) is 3.17. The van der Waals surface area contributed by atoms with E-state index >= 15 is 0 Å². The van der Waals surface area contributed by atoms with Gasteiger partial charge in [0.25, 0.3) is 0 Å². The second-order valence-electron chi connectivity index (χ2n) is 5.98. The molecule has 0 unspecified atom stereocenters. The van der Waals surface area contributed by atoms with Gasteiger partial charge >= 0.3 is 0 Å². The minimum atomic E-state index is 0.495. The molecule has 0 heterocycles. The SMILES string of the molecule is Cc1cccc(CNC(C)C)c1OCCCC(C)C. The topological polar surface area (TPSA) is 21.3 Å². The fraction of sp³-hybridized carbons (Fsp3) is 0.647. The molecule has 1 aromatic carbocycles. The summed E-state index contributed by atoms with van der Waals surface area (Å²) in [4.78, 5) is 0. The Morgan fingerprint density at radius 2 is 1.89 bits per heavy atom. The fourth-order valence-electron chi connectivity index (χ4n) is 2.04. The van der Waals surface area contributed by atoms with Gasteiger partial charge in [0.1, 0.15) is 5.75 Å². The molecule has 0 saturated heterocycles. The van der Waals surface area contributed by atoms with Crippen molar-refractivity contribution in [3.63, 3.8) is 0 Å². The largest absolute Gasteiger partial charge is 0.493 e. The van der Waals surface area contributed by atoms with Crippen LogP contribution in [0.3, 0.4) is 0 Å². The van der Waals surface area contributed by atoms with Gasteiger partial charge in [0.15, 0.2) is 0 Å². The molecule has 1 aromatic rings. The first kappa shape index (κ1) is 16.0. The molecule has 1 N–H and O–H groups in total. The summed E-state index contributed by atoms with van der Waals surface area (Å²) in [6, 6.07) is 6.87. The molecule has 0 spiro atoms. The fourth-order valence-corrected chi connectivity index (χ4v) is 2.04. The van der Waals surface area contributed by atoms with Crippen molar-refractivity contribution in [1.82, 2.24) is 5.32 Å². The van der Waals surface area contributed by atoms with E-state index in [2.05, 4.69) is 58.1 Å². The van der Waals surface area contributed by atoms with Gasteiger partial charge in [-0.2, -0.15) is 0 Å². The lowest BCUT2D eigenvalue weighted by Crippen LogP contribution is -2.22. The standard InChI is InChI=1S/C17H29NO/c1-13(2)8-7-11-19-17-15(5)9-6-10-16(17)12-18-14(3)4/h6,9-10,13-14,18H,7-8,11-12H2,1-5H3.